The molecule has 1 aromatic heterocycles. The van der Waals surface area contributed by atoms with Gasteiger partial charge in [-0.1, -0.05) is 27.7 Å². The van der Waals surface area contributed by atoms with Gasteiger partial charge in [0.05, 0.1) is 25.7 Å². The number of nitrogens with zero attached hydrogens (tertiary/aromatic N) is 1. The molecule has 1 aliphatic rings. The minimum atomic E-state index is -0.632. The average Bonchev–Trinajstić information content (AvgIpc) is 3.21. The molecule has 0 saturated carbocycles. The number of nitrogens with one attached hydrogen (secondary N) is 1. The van der Waals surface area contributed by atoms with E-state index in [0.717, 1.165) is 12.0 Å². The molecule has 4 atom stereocenters. The second-order valence-corrected chi connectivity index (χ2v) is 11.8. The van der Waals surface area contributed by atoms with Crippen LogP contribution in [0.1, 0.15) is 73.3 Å². The average molecular weight is 537 g/mol. The summed E-state index contributed by atoms with van der Waals surface area (Å²) in [6.07, 6.45) is 3.56. The van der Waals surface area contributed by atoms with Crippen LogP contribution in [0.2, 0.25) is 0 Å². The van der Waals surface area contributed by atoms with Crippen molar-refractivity contribution in [1.82, 2.24) is 10.3 Å². The van der Waals surface area contributed by atoms with E-state index in [2.05, 4.69) is 24.1 Å². The Hall–Kier alpha value is -2.55. The third-order valence-electron chi connectivity index (χ3n) is 6.83. The van der Waals surface area contributed by atoms with E-state index in [9.17, 15) is 9.59 Å². The molecule has 1 aromatic rings. The molecule has 1 N–H and O–H groups in total. The number of esters is 1. The summed E-state index contributed by atoms with van der Waals surface area (Å²) in [6, 6.07) is 1.59. The number of alkyl carbamates (subject to hydrolysis) is 1. The maximum absolute atomic E-state index is 12.8. The number of pyridine rings is 1. The van der Waals surface area contributed by atoms with Crippen LogP contribution in [-0.4, -0.2) is 62.2 Å². The molecule has 216 valence electrons. The van der Waals surface area contributed by atoms with Crippen molar-refractivity contribution in [2.75, 3.05) is 27.4 Å². The van der Waals surface area contributed by atoms with Crippen LogP contribution in [0, 0.1) is 23.7 Å². The standard InChI is InChI=1S/C29H48N2O7/c1-18(2)21(13-20-14-25(26(35-9)30-17-20)36-12-10-11-34-8)15-23(31-28(33)38-29(5,6)7)24-16-22(19(3)4)27(32)37-24/h14,17-19,21-24H,10-13,15-16H2,1-9H3,(H,31,33)/t21-,22-,23-,24-/m0/s1. The first kappa shape index (κ1) is 31.7. The lowest BCUT2D eigenvalue weighted by molar-refractivity contribution is -0.146. The number of aromatic nitrogens is 1. The van der Waals surface area contributed by atoms with Crippen LogP contribution in [0.5, 0.6) is 11.6 Å². The lowest BCUT2D eigenvalue weighted by atomic mass is 9.82. The second-order valence-electron chi connectivity index (χ2n) is 11.8. The van der Waals surface area contributed by atoms with E-state index >= 15 is 0 Å². The molecule has 0 unspecified atom stereocenters. The molecule has 0 bridgehead atoms. The van der Waals surface area contributed by atoms with Crippen molar-refractivity contribution in [1.29, 1.82) is 0 Å². The largest absolute Gasteiger partial charge is 0.488 e. The highest BCUT2D eigenvalue weighted by molar-refractivity contribution is 5.75. The molecule has 38 heavy (non-hydrogen) atoms. The Morgan fingerprint density at radius 3 is 2.45 bits per heavy atom. The number of carbonyl (C=O) groups is 2. The molecular weight excluding hydrogens is 488 g/mol. The molecule has 0 aliphatic carbocycles. The van der Waals surface area contributed by atoms with Crippen molar-refractivity contribution >= 4 is 12.1 Å². The van der Waals surface area contributed by atoms with Crippen LogP contribution in [0.3, 0.4) is 0 Å². The van der Waals surface area contributed by atoms with Gasteiger partial charge in [0, 0.05) is 26.3 Å². The molecule has 9 heteroatoms. The molecule has 1 aliphatic heterocycles. The number of hydrogen-bond acceptors (Lipinski definition) is 8. The first-order chi connectivity index (χ1) is 17.8. The highest BCUT2D eigenvalue weighted by Gasteiger charge is 2.42. The topological polar surface area (TPSA) is 105 Å². The van der Waals surface area contributed by atoms with Gasteiger partial charge in [-0.05, 0) is 69.4 Å². The van der Waals surface area contributed by atoms with Crippen LogP contribution in [-0.2, 0) is 25.4 Å². The normalized spacial score (nSPS) is 19.3. The fourth-order valence-electron chi connectivity index (χ4n) is 4.63. The van der Waals surface area contributed by atoms with Crippen LogP contribution in [0.25, 0.3) is 0 Å². The van der Waals surface area contributed by atoms with E-state index in [1.165, 1.54) is 0 Å². The van der Waals surface area contributed by atoms with Gasteiger partial charge < -0.3 is 29.0 Å². The van der Waals surface area contributed by atoms with Crippen molar-refractivity contribution < 1.29 is 33.3 Å². The summed E-state index contributed by atoms with van der Waals surface area (Å²) in [4.78, 5) is 29.8. The molecular formula is C29H48N2O7. The van der Waals surface area contributed by atoms with E-state index in [-0.39, 0.29) is 29.8 Å². The molecule has 0 spiro atoms. The Kier molecular flexibility index (Phi) is 12.1. The van der Waals surface area contributed by atoms with Crippen LogP contribution in [0.15, 0.2) is 12.3 Å². The van der Waals surface area contributed by atoms with Crippen molar-refractivity contribution in [3.63, 3.8) is 0 Å². The summed E-state index contributed by atoms with van der Waals surface area (Å²) in [7, 11) is 3.23. The SMILES string of the molecule is COCCCOc1cc(C[C@@H](C[C@H](NC(=O)OC(C)(C)C)[C@@H]2C[C@@H](C(C)C)C(=O)O2)C(C)C)cnc1OC. The second kappa shape index (κ2) is 14.6. The van der Waals surface area contributed by atoms with Crippen LogP contribution in [0.4, 0.5) is 4.79 Å². The van der Waals surface area contributed by atoms with Gasteiger partial charge in [0.25, 0.3) is 5.88 Å². The Labute approximate surface area is 228 Å². The molecule has 2 heterocycles. The smallest absolute Gasteiger partial charge is 0.408 e. The highest BCUT2D eigenvalue weighted by Crippen LogP contribution is 2.34. The summed E-state index contributed by atoms with van der Waals surface area (Å²) in [5, 5.41) is 3.03. The van der Waals surface area contributed by atoms with Crippen LogP contribution < -0.4 is 14.8 Å². The van der Waals surface area contributed by atoms with Gasteiger partial charge in [0.1, 0.15) is 11.7 Å². The lowest BCUT2D eigenvalue weighted by Crippen LogP contribution is -2.47. The molecule has 0 radical (unpaired) electrons. The summed E-state index contributed by atoms with van der Waals surface area (Å²) in [6.45, 7) is 14.9. The lowest BCUT2D eigenvalue weighted by Gasteiger charge is -2.31. The molecule has 9 nitrogen and oxygen atoms in total. The number of rotatable bonds is 14. The zero-order valence-corrected chi connectivity index (χ0v) is 24.7. The maximum Gasteiger partial charge on any atom is 0.408 e. The van der Waals surface area contributed by atoms with E-state index < -0.39 is 17.8 Å². The molecule has 0 aromatic carbocycles. The van der Waals surface area contributed by atoms with Crippen molar-refractivity contribution in [3.05, 3.63) is 17.8 Å². The minimum Gasteiger partial charge on any atom is -0.488 e. The Morgan fingerprint density at radius 1 is 1.18 bits per heavy atom. The summed E-state index contributed by atoms with van der Waals surface area (Å²) >= 11 is 0. The third kappa shape index (κ3) is 9.97. The van der Waals surface area contributed by atoms with E-state index in [1.807, 2.05) is 40.7 Å². The molecule has 1 saturated heterocycles. The summed E-state index contributed by atoms with van der Waals surface area (Å²) < 4.78 is 27.8. The predicted molar refractivity (Wildman–Crippen MR) is 145 cm³/mol. The van der Waals surface area contributed by atoms with Crippen molar-refractivity contribution in [2.45, 2.75) is 91.9 Å². The first-order valence-corrected chi connectivity index (χ1v) is 13.7. The fraction of sp³-hybridized carbons (Fsp3) is 0.759. The number of amides is 1. The molecule has 2 rings (SSSR count). The van der Waals surface area contributed by atoms with E-state index in [0.29, 0.717) is 50.0 Å². The van der Waals surface area contributed by atoms with Crippen molar-refractivity contribution in [3.8, 4) is 11.6 Å². The Morgan fingerprint density at radius 2 is 1.89 bits per heavy atom. The van der Waals surface area contributed by atoms with Gasteiger partial charge in [-0.15, -0.1) is 0 Å². The number of carbonyl (C=O) groups excluding carboxylic acids is 2. The van der Waals surface area contributed by atoms with Gasteiger partial charge in [-0.2, -0.15) is 0 Å². The van der Waals surface area contributed by atoms with Gasteiger partial charge in [0.2, 0.25) is 0 Å². The van der Waals surface area contributed by atoms with Crippen LogP contribution >= 0.6 is 0 Å². The van der Waals surface area contributed by atoms with Gasteiger partial charge in [0.15, 0.2) is 5.75 Å². The van der Waals surface area contributed by atoms with Gasteiger partial charge in [-0.3, -0.25) is 4.79 Å². The predicted octanol–water partition coefficient (Wildman–Crippen LogP) is 5.19. The van der Waals surface area contributed by atoms with E-state index in [4.69, 9.17) is 23.7 Å². The number of cyclic esters (lactones) is 1. The molecule has 1 fully saturated rings. The minimum absolute atomic E-state index is 0.170. The first-order valence-electron chi connectivity index (χ1n) is 13.7. The monoisotopic (exact) mass is 536 g/mol. The number of methoxy groups -OCH3 is 2. The summed E-state index contributed by atoms with van der Waals surface area (Å²) in [5.74, 6) is 1.29. The van der Waals surface area contributed by atoms with Gasteiger partial charge in [-0.25, -0.2) is 9.78 Å². The Bertz CT molecular complexity index is 897. The van der Waals surface area contributed by atoms with Gasteiger partial charge >= 0.3 is 12.1 Å². The maximum atomic E-state index is 12.8. The zero-order valence-electron chi connectivity index (χ0n) is 24.7. The summed E-state index contributed by atoms with van der Waals surface area (Å²) in [5.41, 5.74) is 0.374. The zero-order chi connectivity index (χ0) is 28.5. The number of ether oxygens (including phenoxy) is 5. The third-order valence-corrected chi connectivity index (χ3v) is 6.83. The fourth-order valence-corrected chi connectivity index (χ4v) is 4.63. The quantitative estimate of drug-likeness (QED) is 0.256. The number of hydrogen-bond donors (Lipinski definition) is 1. The Balaban J connectivity index is 2.23. The van der Waals surface area contributed by atoms with Crippen molar-refractivity contribution in [2.24, 2.45) is 23.7 Å². The highest BCUT2D eigenvalue weighted by atomic mass is 16.6. The molecule has 1 amide bonds. The van der Waals surface area contributed by atoms with E-state index in [1.54, 1.807) is 20.4 Å².